The molecule has 0 saturated carbocycles. The number of carbonyl (C=O) groups is 1. The van der Waals surface area contributed by atoms with Gasteiger partial charge < -0.3 is 15.0 Å². The topological polar surface area (TPSA) is 41.6 Å². The molecule has 1 unspecified atom stereocenters. The van der Waals surface area contributed by atoms with E-state index in [0.717, 1.165) is 38.0 Å². The smallest absolute Gasteiger partial charge is 0.227 e. The van der Waals surface area contributed by atoms with Crippen molar-refractivity contribution in [2.75, 3.05) is 26.7 Å². The van der Waals surface area contributed by atoms with E-state index < -0.39 is 0 Å². The molecule has 1 amide bonds. The average molecular weight is 347 g/mol. The molecule has 2 rings (SSSR count). The Kier molecular flexibility index (Phi) is 8.01. The Balaban J connectivity index is 0.00000242. The van der Waals surface area contributed by atoms with Gasteiger partial charge in [-0.15, -0.1) is 12.4 Å². The van der Waals surface area contributed by atoms with Crippen LogP contribution in [-0.2, 0) is 11.2 Å². The largest absolute Gasteiger partial charge is 0.496 e. The van der Waals surface area contributed by atoms with Gasteiger partial charge in [-0.2, -0.15) is 0 Å². The maximum Gasteiger partial charge on any atom is 0.227 e. The van der Waals surface area contributed by atoms with Crippen LogP contribution in [0.25, 0.3) is 0 Å². The number of halogens is 2. The molecular formula is C16H24Cl2N2O2. The van der Waals surface area contributed by atoms with Crippen LogP contribution < -0.4 is 10.1 Å². The van der Waals surface area contributed by atoms with Crippen molar-refractivity contribution >= 4 is 29.9 Å². The van der Waals surface area contributed by atoms with Gasteiger partial charge in [0.1, 0.15) is 5.75 Å². The number of methoxy groups -OCH3 is 1. The molecule has 22 heavy (non-hydrogen) atoms. The average Bonchev–Trinajstić information content (AvgIpc) is 2.98. The van der Waals surface area contributed by atoms with Gasteiger partial charge in [0.2, 0.25) is 5.91 Å². The Morgan fingerprint density at radius 3 is 2.86 bits per heavy atom. The van der Waals surface area contributed by atoms with E-state index in [-0.39, 0.29) is 18.3 Å². The highest BCUT2D eigenvalue weighted by atomic mass is 35.5. The molecule has 124 valence electrons. The number of amides is 1. The van der Waals surface area contributed by atoms with Gasteiger partial charge in [-0.05, 0) is 37.6 Å². The van der Waals surface area contributed by atoms with Gasteiger partial charge in [0.25, 0.3) is 0 Å². The molecule has 6 heteroatoms. The fraction of sp³-hybridized carbons (Fsp3) is 0.562. The van der Waals surface area contributed by atoms with Crippen molar-refractivity contribution in [3.63, 3.8) is 0 Å². The van der Waals surface area contributed by atoms with E-state index in [1.54, 1.807) is 13.2 Å². The fourth-order valence-electron chi connectivity index (χ4n) is 2.81. The van der Waals surface area contributed by atoms with Crippen molar-refractivity contribution in [3.8, 4) is 5.75 Å². The van der Waals surface area contributed by atoms with Gasteiger partial charge in [0.05, 0.1) is 13.5 Å². The summed E-state index contributed by atoms with van der Waals surface area (Å²) in [6.07, 6.45) is 2.33. The van der Waals surface area contributed by atoms with E-state index in [1.165, 1.54) is 0 Å². The zero-order chi connectivity index (χ0) is 15.2. The molecule has 1 saturated heterocycles. The number of carbonyl (C=O) groups excluding carboxylic acids is 1. The summed E-state index contributed by atoms with van der Waals surface area (Å²) in [5, 5.41) is 3.95. The van der Waals surface area contributed by atoms with Gasteiger partial charge in [0, 0.05) is 29.7 Å². The van der Waals surface area contributed by atoms with Crippen LogP contribution in [0.15, 0.2) is 18.2 Å². The third kappa shape index (κ3) is 4.77. The highest BCUT2D eigenvalue weighted by Crippen LogP contribution is 2.24. The van der Waals surface area contributed by atoms with E-state index in [2.05, 4.69) is 12.2 Å². The zero-order valence-corrected chi connectivity index (χ0v) is 14.7. The summed E-state index contributed by atoms with van der Waals surface area (Å²) in [6, 6.07) is 5.71. The SMILES string of the molecule is CCCN(C(=O)Cc1cc(Cl)ccc1OC)C1CCNC1.Cl. The van der Waals surface area contributed by atoms with E-state index >= 15 is 0 Å². The molecule has 1 aliphatic rings. The van der Waals surface area contributed by atoms with Gasteiger partial charge in [-0.3, -0.25) is 4.79 Å². The minimum Gasteiger partial charge on any atom is -0.496 e. The maximum absolute atomic E-state index is 12.7. The van der Waals surface area contributed by atoms with Crippen LogP contribution in [0.1, 0.15) is 25.3 Å². The number of rotatable bonds is 6. The molecule has 1 atom stereocenters. The highest BCUT2D eigenvalue weighted by Gasteiger charge is 2.26. The molecule has 1 N–H and O–H groups in total. The number of ether oxygens (including phenoxy) is 1. The molecule has 1 aromatic rings. The van der Waals surface area contributed by atoms with Crippen LogP contribution in [0.2, 0.25) is 5.02 Å². The van der Waals surface area contributed by atoms with Crippen molar-refractivity contribution in [3.05, 3.63) is 28.8 Å². The van der Waals surface area contributed by atoms with Crippen LogP contribution >= 0.6 is 24.0 Å². The monoisotopic (exact) mass is 346 g/mol. The summed E-state index contributed by atoms with van der Waals surface area (Å²) in [5.74, 6) is 0.861. The van der Waals surface area contributed by atoms with E-state index in [9.17, 15) is 4.79 Å². The number of hydrogen-bond donors (Lipinski definition) is 1. The number of benzene rings is 1. The van der Waals surface area contributed by atoms with Gasteiger partial charge in [-0.1, -0.05) is 18.5 Å². The summed E-state index contributed by atoms with van der Waals surface area (Å²) in [6.45, 7) is 4.77. The second kappa shape index (κ2) is 9.23. The minimum atomic E-state index is 0. The summed E-state index contributed by atoms with van der Waals surface area (Å²) >= 11 is 6.03. The lowest BCUT2D eigenvalue weighted by Crippen LogP contribution is -2.42. The number of nitrogens with zero attached hydrogens (tertiary/aromatic N) is 1. The molecule has 1 aromatic carbocycles. The van der Waals surface area contributed by atoms with Crippen LogP contribution in [0.3, 0.4) is 0 Å². The van der Waals surface area contributed by atoms with E-state index in [1.807, 2.05) is 17.0 Å². The van der Waals surface area contributed by atoms with E-state index in [0.29, 0.717) is 23.2 Å². The standard InChI is InChI=1S/C16H23ClN2O2.ClH/c1-3-8-19(14-6-7-18-11-14)16(20)10-12-9-13(17)4-5-15(12)21-2;/h4-5,9,14,18H,3,6-8,10-11H2,1-2H3;1H. The predicted octanol–water partition coefficient (Wildman–Crippen LogP) is 2.91. The number of hydrogen-bond acceptors (Lipinski definition) is 3. The molecule has 0 radical (unpaired) electrons. The van der Waals surface area contributed by atoms with Gasteiger partial charge in [-0.25, -0.2) is 0 Å². The van der Waals surface area contributed by atoms with Crippen molar-refractivity contribution in [2.45, 2.75) is 32.2 Å². The zero-order valence-electron chi connectivity index (χ0n) is 13.1. The Labute approximate surface area is 143 Å². The van der Waals surface area contributed by atoms with Crippen molar-refractivity contribution in [2.24, 2.45) is 0 Å². The van der Waals surface area contributed by atoms with E-state index in [4.69, 9.17) is 16.3 Å². The van der Waals surface area contributed by atoms with Crippen LogP contribution in [0, 0.1) is 0 Å². The molecular weight excluding hydrogens is 323 g/mol. The summed E-state index contributed by atoms with van der Waals surface area (Å²) in [5.41, 5.74) is 0.849. The van der Waals surface area contributed by atoms with Gasteiger partial charge >= 0.3 is 0 Å². The third-order valence-corrected chi connectivity index (χ3v) is 4.08. The molecule has 1 heterocycles. The third-order valence-electron chi connectivity index (χ3n) is 3.84. The molecule has 0 aromatic heterocycles. The Morgan fingerprint density at radius 2 is 2.27 bits per heavy atom. The second-order valence-corrected chi connectivity index (χ2v) is 5.80. The van der Waals surface area contributed by atoms with Crippen LogP contribution in [0.4, 0.5) is 0 Å². The molecule has 0 bridgehead atoms. The van der Waals surface area contributed by atoms with Crippen molar-refractivity contribution in [1.82, 2.24) is 10.2 Å². The first kappa shape index (κ1) is 19.1. The van der Waals surface area contributed by atoms with Crippen LogP contribution in [-0.4, -0.2) is 43.6 Å². The normalized spacial score (nSPS) is 17.0. The maximum atomic E-state index is 12.7. The lowest BCUT2D eigenvalue weighted by atomic mass is 10.1. The molecule has 1 aliphatic heterocycles. The summed E-state index contributed by atoms with van der Waals surface area (Å²) in [7, 11) is 1.61. The Hall–Kier alpha value is -0.970. The van der Waals surface area contributed by atoms with Crippen LogP contribution in [0.5, 0.6) is 5.75 Å². The lowest BCUT2D eigenvalue weighted by molar-refractivity contribution is -0.132. The van der Waals surface area contributed by atoms with Crippen molar-refractivity contribution < 1.29 is 9.53 Å². The van der Waals surface area contributed by atoms with Gasteiger partial charge in [0.15, 0.2) is 0 Å². The summed E-state index contributed by atoms with van der Waals surface area (Å²) < 4.78 is 5.32. The van der Waals surface area contributed by atoms with Crippen molar-refractivity contribution in [1.29, 1.82) is 0 Å². The molecule has 4 nitrogen and oxygen atoms in total. The Morgan fingerprint density at radius 1 is 1.50 bits per heavy atom. The molecule has 0 aliphatic carbocycles. The predicted molar refractivity (Wildman–Crippen MR) is 92.2 cm³/mol. The first-order chi connectivity index (χ1) is 10.2. The molecule has 0 spiro atoms. The molecule has 1 fully saturated rings. The lowest BCUT2D eigenvalue weighted by Gasteiger charge is -2.28. The fourth-order valence-corrected chi connectivity index (χ4v) is 3.00. The summed E-state index contributed by atoms with van der Waals surface area (Å²) in [4.78, 5) is 14.7. The Bertz CT molecular complexity index is 491. The second-order valence-electron chi connectivity index (χ2n) is 5.37. The first-order valence-electron chi connectivity index (χ1n) is 7.48. The number of nitrogens with one attached hydrogen (secondary N) is 1. The first-order valence-corrected chi connectivity index (χ1v) is 7.86. The quantitative estimate of drug-likeness (QED) is 0.860. The highest BCUT2D eigenvalue weighted by molar-refractivity contribution is 6.30. The minimum absolute atomic E-state index is 0.